The Bertz CT molecular complexity index is 350. The maximum Gasteiger partial charge on any atom is 0.414 e. The van der Waals surface area contributed by atoms with Crippen molar-refractivity contribution in [1.29, 1.82) is 5.41 Å². The summed E-state index contributed by atoms with van der Waals surface area (Å²) in [6.45, 7) is 0. The highest BCUT2D eigenvalue weighted by Crippen LogP contribution is 1.94. The fraction of sp³-hybridized carbons (Fsp3) is 0. The highest BCUT2D eigenvalue weighted by Gasteiger charge is 2.04. The van der Waals surface area contributed by atoms with Crippen molar-refractivity contribution in [1.82, 2.24) is 0 Å². The molecular weight excluding hydrogens is 200 g/mol. The molecule has 0 aliphatic heterocycles. The molecule has 0 saturated carbocycles. The lowest BCUT2D eigenvalue weighted by molar-refractivity contribution is -0.159. The van der Waals surface area contributed by atoms with Crippen LogP contribution in [0.4, 0.5) is 0 Å². The van der Waals surface area contributed by atoms with Crippen molar-refractivity contribution in [3.8, 4) is 0 Å². The second-order valence-corrected chi connectivity index (χ2v) is 2.39. The van der Waals surface area contributed by atoms with E-state index in [-0.39, 0.29) is 5.84 Å². The zero-order valence-corrected chi connectivity index (χ0v) is 7.68. The van der Waals surface area contributed by atoms with Crippen LogP contribution in [0.3, 0.4) is 0 Å². The molecule has 0 bridgehead atoms. The Hall–Kier alpha value is -2.37. The van der Waals surface area contributed by atoms with E-state index in [0.717, 1.165) is 5.56 Å². The summed E-state index contributed by atoms with van der Waals surface area (Å²) in [4.78, 5) is 18.2. The van der Waals surface area contributed by atoms with E-state index >= 15 is 0 Å². The number of aliphatic carboxylic acids is 2. The lowest BCUT2D eigenvalue weighted by Crippen LogP contribution is -2.10. The summed E-state index contributed by atoms with van der Waals surface area (Å²) < 4.78 is 0. The van der Waals surface area contributed by atoms with Crippen LogP contribution in [0.25, 0.3) is 0 Å². The molecule has 0 aliphatic carbocycles. The molecule has 0 atom stereocenters. The molecule has 1 aromatic carbocycles. The van der Waals surface area contributed by atoms with Crippen LogP contribution in [0.5, 0.6) is 0 Å². The number of carbonyl (C=O) groups is 2. The van der Waals surface area contributed by atoms with Crippen molar-refractivity contribution in [3.63, 3.8) is 0 Å². The van der Waals surface area contributed by atoms with Crippen LogP contribution >= 0.6 is 0 Å². The summed E-state index contributed by atoms with van der Waals surface area (Å²) in [5.74, 6) is -3.53. The van der Waals surface area contributed by atoms with Crippen molar-refractivity contribution in [2.24, 2.45) is 5.73 Å². The van der Waals surface area contributed by atoms with Crippen LogP contribution in [0.2, 0.25) is 0 Å². The fourth-order valence-corrected chi connectivity index (χ4v) is 0.618. The third-order valence-electron chi connectivity index (χ3n) is 1.27. The summed E-state index contributed by atoms with van der Waals surface area (Å²) in [6, 6.07) is 9.23. The van der Waals surface area contributed by atoms with Gasteiger partial charge in [-0.1, -0.05) is 30.3 Å². The van der Waals surface area contributed by atoms with E-state index in [4.69, 9.17) is 30.9 Å². The second-order valence-electron chi connectivity index (χ2n) is 2.39. The van der Waals surface area contributed by atoms with E-state index in [1.807, 2.05) is 30.3 Å². The van der Waals surface area contributed by atoms with Gasteiger partial charge in [-0.15, -0.1) is 0 Å². The Morgan fingerprint density at radius 3 is 1.67 bits per heavy atom. The topological polar surface area (TPSA) is 124 Å². The van der Waals surface area contributed by atoms with Gasteiger partial charge in [0.1, 0.15) is 5.84 Å². The first-order valence-electron chi connectivity index (χ1n) is 3.80. The molecule has 1 rings (SSSR count). The molecule has 0 amide bonds. The van der Waals surface area contributed by atoms with Gasteiger partial charge < -0.3 is 15.9 Å². The third kappa shape index (κ3) is 5.81. The van der Waals surface area contributed by atoms with Crippen molar-refractivity contribution in [2.75, 3.05) is 0 Å². The van der Waals surface area contributed by atoms with Gasteiger partial charge in [0.15, 0.2) is 0 Å². The van der Waals surface area contributed by atoms with E-state index in [1.165, 1.54) is 0 Å². The van der Waals surface area contributed by atoms with Crippen molar-refractivity contribution in [3.05, 3.63) is 35.9 Å². The molecule has 0 spiro atoms. The van der Waals surface area contributed by atoms with Crippen molar-refractivity contribution in [2.45, 2.75) is 0 Å². The van der Waals surface area contributed by atoms with Gasteiger partial charge in [0, 0.05) is 5.56 Å². The van der Waals surface area contributed by atoms with Gasteiger partial charge in [0.05, 0.1) is 0 Å². The van der Waals surface area contributed by atoms with Gasteiger partial charge in [-0.25, -0.2) is 9.59 Å². The van der Waals surface area contributed by atoms with E-state index < -0.39 is 11.9 Å². The molecule has 80 valence electrons. The first kappa shape index (κ1) is 12.6. The maximum atomic E-state index is 9.10. The van der Waals surface area contributed by atoms with Crippen molar-refractivity contribution < 1.29 is 19.8 Å². The summed E-state index contributed by atoms with van der Waals surface area (Å²) in [6.07, 6.45) is 0. The van der Waals surface area contributed by atoms with Gasteiger partial charge in [0.2, 0.25) is 0 Å². The van der Waals surface area contributed by atoms with Crippen LogP contribution in [0.15, 0.2) is 30.3 Å². The van der Waals surface area contributed by atoms with Gasteiger partial charge in [0.25, 0.3) is 0 Å². The minimum atomic E-state index is -1.82. The third-order valence-corrected chi connectivity index (χ3v) is 1.27. The molecule has 0 aliphatic rings. The first-order valence-corrected chi connectivity index (χ1v) is 3.80. The SMILES string of the molecule is N=C(N)c1ccccc1.O=C(O)C(=O)O. The highest BCUT2D eigenvalue weighted by molar-refractivity contribution is 6.27. The molecule has 6 heteroatoms. The average Bonchev–Trinajstić information content (AvgIpc) is 2.20. The molecule has 0 heterocycles. The minimum Gasteiger partial charge on any atom is -0.473 e. The first-order chi connectivity index (χ1) is 6.95. The average molecular weight is 210 g/mol. The lowest BCUT2D eigenvalue weighted by atomic mass is 10.2. The second kappa shape index (κ2) is 6.14. The van der Waals surface area contributed by atoms with Crippen LogP contribution in [0.1, 0.15) is 5.56 Å². The van der Waals surface area contributed by atoms with Gasteiger partial charge in [-0.3, -0.25) is 5.41 Å². The van der Waals surface area contributed by atoms with E-state index in [1.54, 1.807) is 0 Å². The number of nitrogen functional groups attached to an aromatic ring is 1. The number of carboxylic acid groups (broad SMARTS) is 2. The predicted octanol–water partition coefficient (Wildman–Crippen LogP) is 0.126. The molecular formula is C9H10N2O4. The monoisotopic (exact) mass is 210 g/mol. The fourth-order valence-electron chi connectivity index (χ4n) is 0.618. The van der Waals surface area contributed by atoms with Crippen LogP contribution < -0.4 is 5.73 Å². The molecule has 0 unspecified atom stereocenters. The van der Waals surface area contributed by atoms with Gasteiger partial charge in [-0.05, 0) is 0 Å². The van der Waals surface area contributed by atoms with Crippen LogP contribution in [-0.2, 0) is 9.59 Å². The highest BCUT2D eigenvalue weighted by atomic mass is 16.4. The summed E-state index contributed by atoms with van der Waals surface area (Å²) in [5, 5.41) is 21.8. The number of benzene rings is 1. The summed E-state index contributed by atoms with van der Waals surface area (Å²) in [7, 11) is 0. The number of carboxylic acids is 2. The number of nitrogens with one attached hydrogen (secondary N) is 1. The maximum absolute atomic E-state index is 9.10. The van der Waals surface area contributed by atoms with Gasteiger partial charge in [-0.2, -0.15) is 0 Å². The van der Waals surface area contributed by atoms with Crippen LogP contribution in [-0.4, -0.2) is 28.0 Å². The largest absolute Gasteiger partial charge is 0.473 e. The smallest absolute Gasteiger partial charge is 0.414 e. The number of amidine groups is 1. The standard InChI is InChI=1S/C7H8N2.C2H2O4/c8-7(9)6-4-2-1-3-5-6;3-1(4)2(5)6/h1-5H,(H3,8,9);(H,3,4)(H,5,6). The molecule has 0 fully saturated rings. The number of rotatable bonds is 1. The van der Waals surface area contributed by atoms with Crippen molar-refractivity contribution >= 4 is 17.8 Å². The van der Waals surface area contributed by atoms with E-state index in [0.29, 0.717) is 0 Å². The van der Waals surface area contributed by atoms with E-state index in [2.05, 4.69) is 0 Å². The Labute approximate surface area is 85.5 Å². The molecule has 1 aromatic rings. The molecule has 15 heavy (non-hydrogen) atoms. The molecule has 0 saturated heterocycles. The minimum absolute atomic E-state index is 0.121. The zero-order valence-electron chi connectivity index (χ0n) is 7.68. The Balaban J connectivity index is 0.000000288. The number of nitrogens with two attached hydrogens (primary N) is 1. The molecule has 6 nitrogen and oxygen atoms in total. The summed E-state index contributed by atoms with van der Waals surface area (Å²) >= 11 is 0. The Morgan fingerprint density at radius 2 is 1.47 bits per heavy atom. The Kier molecular flexibility index (Phi) is 5.17. The number of hydrogen-bond acceptors (Lipinski definition) is 3. The number of hydrogen-bond donors (Lipinski definition) is 4. The quantitative estimate of drug-likeness (QED) is 0.298. The predicted molar refractivity (Wildman–Crippen MR) is 52.7 cm³/mol. The van der Waals surface area contributed by atoms with Crippen LogP contribution in [0, 0.1) is 5.41 Å². The zero-order chi connectivity index (χ0) is 11.8. The molecule has 0 radical (unpaired) electrons. The molecule has 0 aromatic heterocycles. The lowest BCUT2D eigenvalue weighted by Gasteiger charge is -1.93. The molecule has 5 N–H and O–H groups in total. The van der Waals surface area contributed by atoms with Gasteiger partial charge >= 0.3 is 11.9 Å². The summed E-state index contributed by atoms with van der Waals surface area (Å²) in [5.41, 5.74) is 5.97. The van der Waals surface area contributed by atoms with E-state index in [9.17, 15) is 0 Å². The Morgan fingerprint density at radius 1 is 1.07 bits per heavy atom. The normalized spacial score (nSPS) is 8.27.